The van der Waals surface area contributed by atoms with E-state index in [0.29, 0.717) is 6.04 Å². The number of benzene rings is 1. The second kappa shape index (κ2) is 5.41. The molecular formula is C16H26N2. The minimum Gasteiger partial charge on any atom is -0.329 e. The van der Waals surface area contributed by atoms with Crippen LogP contribution in [-0.2, 0) is 5.41 Å². The maximum absolute atomic E-state index is 5.69. The van der Waals surface area contributed by atoms with Crippen LogP contribution in [0.3, 0.4) is 0 Å². The summed E-state index contributed by atoms with van der Waals surface area (Å²) in [6.45, 7) is 9.76. The summed E-state index contributed by atoms with van der Waals surface area (Å²) in [6.07, 6.45) is 2.57. The van der Waals surface area contributed by atoms with Gasteiger partial charge in [-0.2, -0.15) is 0 Å². The predicted octanol–water partition coefficient (Wildman–Crippen LogP) is 3.08. The highest BCUT2D eigenvalue weighted by atomic mass is 15.2. The van der Waals surface area contributed by atoms with Crippen molar-refractivity contribution in [2.75, 3.05) is 19.6 Å². The largest absolute Gasteiger partial charge is 0.329 e. The molecule has 0 radical (unpaired) electrons. The van der Waals surface area contributed by atoms with E-state index in [0.717, 1.165) is 13.1 Å². The van der Waals surface area contributed by atoms with Gasteiger partial charge in [0, 0.05) is 19.1 Å². The Hall–Kier alpha value is -0.860. The maximum atomic E-state index is 5.69. The van der Waals surface area contributed by atoms with Crippen molar-refractivity contribution < 1.29 is 0 Å². The molecule has 1 atom stereocenters. The highest BCUT2D eigenvalue weighted by molar-refractivity contribution is 5.29. The first-order chi connectivity index (χ1) is 8.52. The summed E-state index contributed by atoms with van der Waals surface area (Å²) >= 11 is 0. The van der Waals surface area contributed by atoms with Gasteiger partial charge >= 0.3 is 0 Å². The molecule has 100 valence electrons. The molecule has 0 amide bonds. The van der Waals surface area contributed by atoms with Crippen molar-refractivity contribution in [3.63, 3.8) is 0 Å². The first kappa shape index (κ1) is 13.6. The molecule has 0 aliphatic carbocycles. The van der Waals surface area contributed by atoms with E-state index in [2.05, 4.69) is 49.9 Å². The van der Waals surface area contributed by atoms with Crippen molar-refractivity contribution in [3.8, 4) is 0 Å². The fourth-order valence-corrected chi connectivity index (χ4v) is 2.84. The minimum absolute atomic E-state index is 0.241. The molecule has 0 spiro atoms. The molecule has 0 aromatic heterocycles. The molecule has 1 fully saturated rings. The smallest absolute Gasteiger partial charge is 0.0349 e. The zero-order valence-electron chi connectivity index (χ0n) is 11.9. The highest BCUT2D eigenvalue weighted by Crippen LogP contribution is 2.32. The van der Waals surface area contributed by atoms with E-state index in [1.807, 2.05) is 0 Å². The summed E-state index contributed by atoms with van der Waals surface area (Å²) in [7, 11) is 0. The third kappa shape index (κ3) is 2.93. The van der Waals surface area contributed by atoms with Crippen LogP contribution in [0.2, 0.25) is 0 Å². The zero-order chi connectivity index (χ0) is 13.2. The number of hydrogen-bond donors (Lipinski definition) is 1. The summed E-state index contributed by atoms with van der Waals surface area (Å²) in [6, 6.07) is 9.77. The molecule has 18 heavy (non-hydrogen) atoms. The second-order valence-corrected chi connectivity index (χ2v) is 6.35. The molecule has 2 heteroatoms. The van der Waals surface area contributed by atoms with E-state index in [9.17, 15) is 0 Å². The standard InChI is InChI=1S/C16H26N2/c1-16(2,3)14-8-6-13(7-9-14)15-5-4-11-18(15)12-10-17/h6-9,15H,4-5,10-12,17H2,1-3H3. The van der Waals surface area contributed by atoms with Gasteiger partial charge in [0.15, 0.2) is 0 Å². The number of hydrogen-bond acceptors (Lipinski definition) is 2. The Morgan fingerprint density at radius 2 is 1.89 bits per heavy atom. The van der Waals surface area contributed by atoms with Gasteiger partial charge in [-0.25, -0.2) is 0 Å². The highest BCUT2D eigenvalue weighted by Gasteiger charge is 2.25. The molecular weight excluding hydrogens is 220 g/mol. The van der Waals surface area contributed by atoms with Crippen LogP contribution < -0.4 is 5.73 Å². The average molecular weight is 246 g/mol. The first-order valence-electron chi connectivity index (χ1n) is 7.07. The van der Waals surface area contributed by atoms with Gasteiger partial charge in [-0.1, -0.05) is 45.0 Å². The summed E-state index contributed by atoms with van der Waals surface area (Å²) < 4.78 is 0. The Labute approximate surface area is 111 Å². The zero-order valence-corrected chi connectivity index (χ0v) is 11.9. The van der Waals surface area contributed by atoms with Crippen LogP contribution in [-0.4, -0.2) is 24.5 Å². The molecule has 0 saturated carbocycles. The van der Waals surface area contributed by atoms with Crippen LogP contribution >= 0.6 is 0 Å². The molecule has 1 saturated heterocycles. The van der Waals surface area contributed by atoms with Gasteiger partial charge in [-0.05, 0) is 35.9 Å². The molecule has 2 N–H and O–H groups in total. The van der Waals surface area contributed by atoms with Gasteiger partial charge in [0.1, 0.15) is 0 Å². The van der Waals surface area contributed by atoms with Crippen LogP contribution in [0.5, 0.6) is 0 Å². The van der Waals surface area contributed by atoms with Gasteiger partial charge < -0.3 is 5.73 Å². The molecule has 1 heterocycles. The third-order valence-electron chi connectivity index (χ3n) is 3.94. The number of likely N-dealkylation sites (tertiary alicyclic amines) is 1. The van der Waals surface area contributed by atoms with Crippen molar-refractivity contribution in [1.82, 2.24) is 4.90 Å². The summed E-state index contributed by atoms with van der Waals surface area (Å²) in [4.78, 5) is 2.52. The topological polar surface area (TPSA) is 29.3 Å². The number of rotatable bonds is 3. The van der Waals surface area contributed by atoms with Crippen LogP contribution in [0, 0.1) is 0 Å². The number of nitrogens with two attached hydrogens (primary N) is 1. The van der Waals surface area contributed by atoms with Crippen molar-refractivity contribution in [1.29, 1.82) is 0 Å². The quantitative estimate of drug-likeness (QED) is 0.888. The van der Waals surface area contributed by atoms with E-state index in [4.69, 9.17) is 5.73 Å². The normalized spacial score (nSPS) is 21.4. The van der Waals surface area contributed by atoms with E-state index < -0.39 is 0 Å². The van der Waals surface area contributed by atoms with Crippen molar-refractivity contribution in [3.05, 3.63) is 35.4 Å². The van der Waals surface area contributed by atoms with Crippen molar-refractivity contribution in [2.45, 2.75) is 45.1 Å². The Bertz CT molecular complexity index is 375. The molecule has 2 rings (SSSR count). The van der Waals surface area contributed by atoms with Crippen LogP contribution in [0.1, 0.15) is 50.8 Å². The van der Waals surface area contributed by atoms with Crippen LogP contribution in [0.4, 0.5) is 0 Å². The first-order valence-corrected chi connectivity index (χ1v) is 7.07. The molecule has 1 aromatic carbocycles. The summed E-state index contributed by atoms with van der Waals surface area (Å²) in [5.41, 5.74) is 8.79. The SMILES string of the molecule is CC(C)(C)c1ccc(C2CCCN2CCN)cc1. The van der Waals surface area contributed by atoms with Gasteiger partial charge in [0.25, 0.3) is 0 Å². The molecule has 1 aliphatic rings. The lowest BCUT2D eigenvalue weighted by Gasteiger charge is -2.25. The molecule has 0 bridgehead atoms. The summed E-state index contributed by atoms with van der Waals surface area (Å²) in [5, 5.41) is 0. The molecule has 1 aromatic rings. The fraction of sp³-hybridized carbons (Fsp3) is 0.625. The third-order valence-corrected chi connectivity index (χ3v) is 3.94. The second-order valence-electron chi connectivity index (χ2n) is 6.35. The molecule has 2 nitrogen and oxygen atoms in total. The van der Waals surface area contributed by atoms with E-state index in [-0.39, 0.29) is 5.41 Å². The van der Waals surface area contributed by atoms with Crippen molar-refractivity contribution >= 4 is 0 Å². The van der Waals surface area contributed by atoms with Gasteiger partial charge in [-0.3, -0.25) is 4.90 Å². The average Bonchev–Trinajstić information content (AvgIpc) is 2.77. The summed E-state index contributed by atoms with van der Waals surface area (Å²) in [5.74, 6) is 0. The number of nitrogens with zero attached hydrogens (tertiary/aromatic N) is 1. The molecule has 1 aliphatic heterocycles. The monoisotopic (exact) mass is 246 g/mol. The van der Waals surface area contributed by atoms with Gasteiger partial charge in [-0.15, -0.1) is 0 Å². The van der Waals surface area contributed by atoms with E-state index >= 15 is 0 Å². The van der Waals surface area contributed by atoms with Crippen molar-refractivity contribution in [2.24, 2.45) is 5.73 Å². The lowest BCUT2D eigenvalue weighted by atomic mass is 9.86. The predicted molar refractivity (Wildman–Crippen MR) is 77.7 cm³/mol. The van der Waals surface area contributed by atoms with E-state index in [1.54, 1.807) is 0 Å². The minimum atomic E-state index is 0.241. The van der Waals surface area contributed by atoms with Gasteiger partial charge in [0.05, 0.1) is 0 Å². The maximum Gasteiger partial charge on any atom is 0.0349 e. The van der Waals surface area contributed by atoms with E-state index in [1.165, 1.54) is 30.5 Å². The van der Waals surface area contributed by atoms with Gasteiger partial charge in [0.2, 0.25) is 0 Å². The molecule has 1 unspecified atom stereocenters. The Kier molecular flexibility index (Phi) is 4.08. The Morgan fingerprint density at radius 1 is 1.22 bits per heavy atom. The lowest BCUT2D eigenvalue weighted by molar-refractivity contribution is 0.264. The Balaban J connectivity index is 2.14. The Morgan fingerprint density at radius 3 is 2.44 bits per heavy atom. The lowest BCUT2D eigenvalue weighted by Crippen LogP contribution is -2.29. The van der Waals surface area contributed by atoms with Crippen LogP contribution in [0.15, 0.2) is 24.3 Å². The fourth-order valence-electron chi connectivity index (χ4n) is 2.84. The van der Waals surface area contributed by atoms with Crippen LogP contribution in [0.25, 0.3) is 0 Å².